The van der Waals surface area contributed by atoms with Crippen LogP contribution in [-0.4, -0.2) is 34.6 Å². The number of hydrogen-bond donors (Lipinski definition) is 1. The van der Waals surface area contributed by atoms with Crippen LogP contribution in [0.4, 0.5) is 5.82 Å². The Bertz CT molecular complexity index is 728. The van der Waals surface area contributed by atoms with Crippen LogP contribution < -0.4 is 4.90 Å². The van der Waals surface area contributed by atoms with Crippen molar-refractivity contribution in [2.24, 2.45) is 0 Å². The Kier molecular flexibility index (Phi) is 4.13. The van der Waals surface area contributed by atoms with Crippen molar-refractivity contribution in [3.8, 4) is 11.1 Å². The van der Waals surface area contributed by atoms with E-state index in [4.69, 9.17) is 0 Å². The van der Waals surface area contributed by atoms with Crippen molar-refractivity contribution in [3.05, 3.63) is 41.9 Å². The lowest BCUT2D eigenvalue weighted by molar-refractivity contribution is -0.107. The van der Waals surface area contributed by atoms with E-state index in [-0.39, 0.29) is 12.0 Å². The average Bonchev–Trinajstić information content (AvgIpc) is 2.60. The number of amides is 1. The van der Waals surface area contributed by atoms with Crippen LogP contribution >= 0.6 is 0 Å². The summed E-state index contributed by atoms with van der Waals surface area (Å²) in [4.78, 5) is 21.6. The van der Waals surface area contributed by atoms with Crippen molar-refractivity contribution < 1.29 is 9.90 Å². The number of hydrogen-bond acceptors (Lipinski definition) is 4. The topological polar surface area (TPSA) is 66.3 Å². The molecule has 3 rings (SSSR count). The third kappa shape index (κ3) is 2.97. The number of fused-ring (bicyclic) bond motifs is 1. The molecule has 0 bridgehead atoms. The minimum atomic E-state index is -0.334. The minimum Gasteiger partial charge on any atom is -0.395 e. The van der Waals surface area contributed by atoms with E-state index < -0.39 is 0 Å². The number of pyridine rings is 2. The largest absolute Gasteiger partial charge is 0.395 e. The lowest BCUT2D eigenvalue weighted by Crippen LogP contribution is -2.28. The number of carbonyl (C=O) groups is 1. The Morgan fingerprint density at radius 2 is 2.04 bits per heavy atom. The lowest BCUT2D eigenvalue weighted by Gasteiger charge is -2.25. The molecule has 0 saturated heterocycles. The van der Waals surface area contributed by atoms with Crippen molar-refractivity contribution in [3.63, 3.8) is 0 Å². The summed E-state index contributed by atoms with van der Waals surface area (Å²) in [6.45, 7) is 4.77. The number of carbonyl (C=O) groups excluding carboxylic acids is 1. The van der Waals surface area contributed by atoms with E-state index >= 15 is 0 Å². The van der Waals surface area contributed by atoms with E-state index in [9.17, 15) is 9.90 Å². The zero-order valence-corrected chi connectivity index (χ0v) is 13.5. The van der Waals surface area contributed by atoms with Gasteiger partial charge in [0.15, 0.2) is 0 Å². The highest BCUT2D eigenvalue weighted by molar-refractivity contribution is 5.77. The third-order valence-electron chi connectivity index (χ3n) is 4.44. The summed E-state index contributed by atoms with van der Waals surface area (Å²) in [7, 11) is 0. The van der Waals surface area contributed by atoms with Gasteiger partial charge in [0.25, 0.3) is 0 Å². The molecule has 0 aromatic carbocycles. The number of aryl methyl sites for hydroxylation is 1. The van der Waals surface area contributed by atoms with Crippen LogP contribution in [0.15, 0.2) is 30.7 Å². The van der Waals surface area contributed by atoms with Crippen molar-refractivity contribution in [1.29, 1.82) is 0 Å². The van der Waals surface area contributed by atoms with Crippen molar-refractivity contribution in [2.75, 3.05) is 18.1 Å². The summed E-state index contributed by atoms with van der Waals surface area (Å²) in [6, 6.07) is 4.14. The lowest BCUT2D eigenvalue weighted by atomic mass is 9.85. The van der Waals surface area contributed by atoms with Gasteiger partial charge in [-0.05, 0) is 36.1 Å². The number of nitrogens with zero attached hydrogens (tertiary/aromatic N) is 3. The number of aliphatic hydroxyl groups excluding tert-OH is 1. The quantitative estimate of drug-likeness (QED) is 0.880. The molecule has 0 radical (unpaired) electrons. The molecule has 2 aromatic rings. The first-order valence-electron chi connectivity index (χ1n) is 7.83. The van der Waals surface area contributed by atoms with Gasteiger partial charge >= 0.3 is 0 Å². The molecule has 5 nitrogen and oxygen atoms in total. The molecule has 0 unspecified atom stereocenters. The first kappa shape index (κ1) is 15.6. The van der Waals surface area contributed by atoms with Crippen LogP contribution in [0.5, 0.6) is 0 Å². The standard InChI is InChI=1S/C18H21N3O2/c1-18(2,11-22)16-7-15(8-19-10-16)14-6-13-4-3-5-21(12-23)17(13)20-9-14/h6-10,12,22H,3-5,11H2,1-2H3. The molecule has 0 aliphatic carbocycles. The molecule has 0 saturated carbocycles. The second kappa shape index (κ2) is 6.08. The predicted molar refractivity (Wildman–Crippen MR) is 89.3 cm³/mol. The fraction of sp³-hybridized carbons (Fsp3) is 0.389. The summed E-state index contributed by atoms with van der Waals surface area (Å²) in [5.41, 5.74) is 3.71. The van der Waals surface area contributed by atoms with E-state index in [1.807, 2.05) is 19.9 Å². The molecule has 0 spiro atoms. The van der Waals surface area contributed by atoms with E-state index in [1.165, 1.54) is 0 Å². The van der Waals surface area contributed by atoms with Crippen LogP contribution in [0, 0.1) is 0 Å². The zero-order chi connectivity index (χ0) is 16.4. The second-order valence-corrected chi connectivity index (χ2v) is 6.61. The van der Waals surface area contributed by atoms with E-state index in [0.717, 1.165) is 53.9 Å². The van der Waals surface area contributed by atoms with Gasteiger partial charge in [-0.3, -0.25) is 14.7 Å². The Hall–Kier alpha value is -2.27. The molecule has 1 N–H and O–H groups in total. The first-order chi connectivity index (χ1) is 11.0. The fourth-order valence-electron chi connectivity index (χ4n) is 2.81. The summed E-state index contributed by atoms with van der Waals surface area (Å²) in [5.74, 6) is 0.759. The summed E-state index contributed by atoms with van der Waals surface area (Å²) >= 11 is 0. The number of rotatable bonds is 4. The predicted octanol–water partition coefficient (Wildman–Crippen LogP) is 2.32. The van der Waals surface area contributed by atoms with E-state index in [0.29, 0.717) is 0 Å². The molecule has 5 heteroatoms. The van der Waals surface area contributed by atoms with Gasteiger partial charge in [-0.2, -0.15) is 0 Å². The summed E-state index contributed by atoms with van der Waals surface area (Å²) < 4.78 is 0. The molecule has 1 amide bonds. The molecule has 23 heavy (non-hydrogen) atoms. The van der Waals surface area contributed by atoms with Crippen LogP contribution in [0.25, 0.3) is 11.1 Å². The summed E-state index contributed by atoms with van der Waals surface area (Å²) in [5, 5.41) is 9.54. The second-order valence-electron chi connectivity index (χ2n) is 6.61. The van der Waals surface area contributed by atoms with Crippen LogP contribution in [0.3, 0.4) is 0 Å². The van der Waals surface area contributed by atoms with Crippen molar-refractivity contribution in [1.82, 2.24) is 9.97 Å². The molecule has 0 fully saturated rings. The zero-order valence-electron chi connectivity index (χ0n) is 13.5. The maximum Gasteiger partial charge on any atom is 0.215 e. The van der Waals surface area contributed by atoms with Crippen LogP contribution in [0.1, 0.15) is 31.4 Å². The van der Waals surface area contributed by atoms with Gasteiger partial charge in [0.05, 0.1) is 6.61 Å². The first-order valence-corrected chi connectivity index (χ1v) is 7.83. The van der Waals surface area contributed by atoms with E-state index in [1.54, 1.807) is 23.5 Å². The minimum absolute atomic E-state index is 0.0644. The molecule has 3 heterocycles. The Morgan fingerprint density at radius 1 is 1.26 bits per heavy atom. The number of aliphatic hydroxyl groups is 1. The number of anilines is 1. The van der Waals surface area contributed by atoms with Gasteiger partial charge in [-0.25, -0.2) is 4.98 Å². The van der Waals surface area contributed by atoms with Gasteiger partial charge < -0.3 is 5.11 Å². The maximum atomic E-state index is 11.1. The SMILES string of the molecule is CC(C)(CO)c1cncc(-c2cnc3c(c2)CCCN3C=O)c1. The molecule has 1 aliphatic heterocycles. The van der Waals surface area contributed by atoms with Crippen LogP contribution in [0.2, 0.25) is 0 Å². The molecule has 2 aromatic heterocycles. The third-order valence-corrected chi connectivity index (χ3v) is 4.44. The smallest absolute Gasteiger partial charge is 0.215 e. The average molecular weight is 311 g/mol. The van der Waals surface area contributed by atoms with Gasteiger partial charge in [0.1, 0.15) is 5.82 Å². The molecular formula is C18H21N3O2. The molecule has 1 aliphatic rings. The van der Waals surface area contributed by atoms with E-state index in [2.05, 4.69) is 16.0 Å². The Balaban J connectivity index is 2.00. The van der Waals surface area contributed by atoms with Gasteiger partial charge in [-0.15, -0.1) is 0 Å². The normalized spacial score (nSPS) is 14.5. The molecule has 0 atom stereocenters. The van der Waals surface area contributed by atoms with Crippen LogP contribution in [-0.2, 0) is 16.6 Å². The highest BCUT2D eigenvalue weighted by atomic mass is 16.3. The highest BCUT2D eigenvalue weighted by Gasteiger charge is 2.21. The fourth-order valence-corrected chi connectivity index (χ4v) is 2.81. The van der Waals surface area contributed by atoms with Crippen molar-refractivity contribution in [2.45, 2.75) is 32.1 Å². The number of aromatic nitrogens is 2. The maximum absolute atomic E-state index is 11.1. The Labute approximate surface area is 136 Å². The van der Waals surface area contributed by atoms with Crippen molar-refractivity contribution >= 4 is 12.2 Å². The monoisotopic (exact) mass is 311 g/mol. The molecular weight excluding hydrogens is 290 g/mol. The molecule has 120 valence electrons. The Morgan fingerprint density at radius 3 is 2.78 bits per heavy atom. The van der Waals surface area contributed by atoms with Gasteiger partial charge in [-0.1, -0.05) is 13.8 Å². The summed E-state index contributed by atoms with van der Waals surface area (Å²) in [6.07, 6.45) is 8.10. The van der Waals surface area contributed by atoms with Gasteiger partial charge in [0, 0.05) is 41.7 Å². The van der Waals surface area contributed by atoms with Gasteiger partial charge in [0.2, 0.25) is 6.41 Å². The highest BCUT2D eigenvalue weighted by Crippen LogP contribution is 2.30.